The number of hydrogen-bond acceptors (Lipinski definition) is 3. The van der Waals surface area contributed by atoms with Crippen LogP contribution in [-0.4, -0.2) is 18.4 Å². The van der Waals surface area contributed by atoms with E-state index < -0.39 is 0 Å². The van der Waals surface area contributed by atoms with E-state index in [2.05, 4.69) is 10.6 Å². The molecule has 0 fully saturated rings. The molecule has 3 aromatic rings. The molecule has 0 saturated heterocycles. The van der Waals surface area contributed by atoms with Crippen LogP contribution in [0.4, 0.5) is 5.69 Å². The van der Waals surface area contributed by atoms with E-state index in [1.165, 1.54) is 0 Å². The molecule has 0 bridgehead atoms. The normalized spacial score (nSPS) is 10.9. The molecule has 1 heterocycles. The molecular formula is C23H26N2O3. The summed E-state index contributed by atoms with van der Waals surface area (Å²) in [7, 11) is 0. The zero-order valence-electron chi connectivity index (χ0n) is 17.0. The lowest BCUT2D eigenvalue weighted by atomic mass is 10.0. The van der Waals surface area contributed by atoms with Gasteiger partial charge in [0.25, 0.3) is 0 Å². The summed E-state index contributed by atoms with van der Waals surface area (Å²) >= 11 is 0. The number of carbonyl (C=O) groups is 2. The topological polar surface area (TPSA) is 71.3 Å². The number of fused-ring (bicyclic) bond motifs is 1. The highest BCUT2D eigenvalue weighted by Crippen LogP contribution is 2.25. The van der Waals surface area contributed by atoms with Crippen molar-refractivity contribution in [2.75, 3.05) is 11.9 Å². The zero-order valence-corrected chi connectivity index (χ0v) is 17.0. The number of benzene rings is 2. The maximum atomic E-state index is 12.3. The number of aryl methyl sites for hydroxylation is 5. The van der Waals surface area contributed by atoms with Crippen LogP contribution in [0.25, 0.3) is 11.0 Å². The first-order valence-electron chi connectivity index (χ1n) is 9.36. The van der Waals surface area contributed by atoms with Crippen molar-refractivity contribution in [3.63, 3.8) is 0 Å². The average Bonchev–Trinajstić information content (AvgIpc) is 2.98. The van der Waals surface area contributed by atoms with Crippen molar-refractivity contribution >= 4 is 28.5 Å². The molecule has 0 aliphatic carbocycles. The molecule has 2 N–H and O–H groups in total. The van der Waals surface area contributed by atoms with E-state index in [-0.39, 0.29) is 24.8 Å². The lowest BCUT2D eigenvalue weighted by Crippen LogP contribution is -2.34. The lowest BCUT2D eigenvalue weighted by Gasteiger charge is -2.13. The molecule has 5 nitrogen and oxygen atoms in total. The number of nitrogens with one attached hydrogen (secondary N) is 2. The van der Waals surface area contributed by atoms with Gasteiger partial charge in [-0.15, -0.1) is 0 Å². The Morgan fingerprint density at radius 2 is 1.50 bits per heavy atom. The van der Waals surface area contributed by atoms with Crippen molar-refractivity contribution in [2.45, 2.75) is 41.0 Å². The van der Waals surface area contributed by atoms with E-state index in [4.69, 9.17) is 4.42 Å². The smallest absolute Gasteiger partial charge is 0.243 e. The summed E-state index contributed by atoms with van der Waals surface area (Å²) in [6.07, 6.45) is 1.79. The molecule has 0 radical (unpaired) electrons. The van der Waals surface area contributed by atoms with Crippen LogP contribution in [0.3, 0.4) is 0 Å². The van der Waals surface area contributed by atoms with E-state index in [0.717, 1.165) is 50.0 Å². The molecule has 5 heteroatoms. The SMILES string of the molecule is Cc1cc(C)c(NC(=O)CNC(=O)Cc2coc3cc(C)c(C)cc23)c(C)c1. The number of carbonyl (C=O) groups excluding carboxylic acids is 2. The Labute approximate surface area is 165 Å². The van der Waals surface area contributed by atoms with E-state index >= 15 is 0 Å². The maximum absolute atomic E-state index is 12.3. The summed E-state index contributed by atoms with van der Waals surface area (Å²) in [6, 6.07) is 8.06. The average molecular weight is 378 g/mol. The third-order valence-electron chi connectivity index (χ3n) is 5.01. The van der Waals surface area contributed by atoms with Gasteiger partial charge in [0.15, 0.2) is 0 Å². The maximum Gasteiger partial charge on any atom is 0.243 e. The van der Waals surface area contributed by atoms with Crippen molar-refractivity contribution < 1.29 is 14.0 Å². The Bertz CT molecular complexity index is 1040. The highest BCUT2D eigenvalue weighted by molar-refractivity contribution is 5.96. The van der Waals surface area contributed by atoms with Gasteiger partial charge in [-0.05, 0) is 69.0 Å². The van der Waals surface area contributed by atoms with Crippen LogP contribution in [0.1, 0.15) is 33.4 Å². The van der Waals surface area contributed by atoms with Crippen molar-refractivity contribution in [3.8, 4) is 0 Å². The lowest BCUT2D eigenvalue weighted by molar-refractivity contribution is -0.123. The first-order valence-corrected chi connectivity index (χ1v) is 9.36. The van der Waals surface area contributed by atoms with Crippen LogP contribution < -0.4 is 10.6 Å². The minimum Gasteiger partial charge on any atom is -0.464 e. The van der Waals surface area contributed by atoms with Gasteiger partial charge >= 0.3 is 0 Å². The molecule has 2 aromatic carbocycles. The van der Waals surface area contributed by atoms with E-state index in [1.807, 2.05) is 58.9 Å². The Balaban J connectivity index is 1.60. The number of anilines is 1. The van der Waals surface area contributed by atoms with E-state index in [1.54, 1.807) is 6.26 Å². The third kappa shape index (κ3) is 4.25. The van der Waals surface area contributed by atoms with Crippen molar-refractivity contribution in [2.24, 2.45) is 0 Å². The van der Waals surface area contributed by atoms with Gasteiger partial charge in [-0.25, -0.2) is 0 Å². The summed E-state index contributed by atoms with van der Waals surface area (Å²) in [5.74, 6) is -0.458. The summed E-state index contributed by atoms with van der Waals surface area (Å²) in [4.78, 5) is 24.6. The zero-order chi connectivity index (χ0) is 20.4. The molecule has 28 heavy (non-hydrogen) atoms. The van der Waals surface area contributed by atoms with Crippen LogP contribution in [0.2, 0.25) is 0 Å². The Morgan fingerprint density at radius 1 is 0.857 bits per heavy atom. The second-order valence-corrected chi connectivity index (χ2v) is 7.47. The molecule has 0 atom stereocenters. The van der Waals surface area contributed by atoms with Crippen LogP contribution in [0, 0.1) is 34.6 Å². The second kappa shape index (κ2) is 7.89. The summed E-state index contributed by atoms with van der Waals surface area (Å²) < 4.78 is 5.57. The van der Waals surface area contributed by atoms with Gasteiger partial charge in [-0.1, -0.05) is 17.7 Å². The largest absolute Gasteiger partial charge is 0.464 e. The van der Waals surface area contributed by atoms with E-state index in [9.17, 15) is 9.59 Å². The first kappa shape index (κ1) is 19.7. The molecule has 1 aromatic heterocycles. The van der Waals surface area contributed by atoms with Crippen LogP contribution in [0.15, 0.2) is 34.9 Å². The van der Waals surface area contributed by atoms with Gasteiger partial charge in [0, 0.05) is 16.6 Å². The monoisotopic (exact) mass is 378 g/mol. The fraction of sp³-hybridized carbons (Fsp3) is 0.304. The Morgan fingerprint density at radius 3 is 2.18 bits per heavy atom. The molecule has 2 amide bonds. The van der Waals surface area contributed by atoms with Gasteiger partial charge in [0.2, 0.25) is 11.8 Å². The molecule has 0 unspecified atom stereocenters. The first-order chi connectivity index (χ1) is 13.2. The second-order valence-electron chi connectivity index (χ2n) is 7.47. The standard InChI is InChI=1S/C23H26N2O3/c1-13-6-16(4)23(17(5)7-13)25-22(27)11-24-21(26)10-18-12-28-20-9-15(3)14(2)8-19(18)20/h6-9,12H,10-11H2,1-5H3,(H,24,26)(H,25,27). The number of furan rings is 1. The molecule has 0 spiro atoms. The summed E-state index contributed by atoms with van der Waals surface area (Å²) in [6.45, 7) is 9.93. The fourth-order valence-electron chi connectivity index (χ4n) is 3.45. The Kier molecular flexibility index (Phi) is 5.54. The van der Waals surface area contributed by atoms with Crippen LogP contribution in [0.5, 0.6) is 0 Å². The van der Waals surface area contributed by atoms with Crippen molar-refractivity contribution in [3.05, 3.63) is 63.9 Å². The van der Waals surface area contributed by atoms with E-state index in [0.29, 0.717) is 0 Å². The van der Waals surface area contributed by atoms with Crippen molar-refractivity contribution in [1.29, 1.82) is 0 Å². The van der Waals surface area contributed by atoms with Gasteiger partial charge in [-0.2, -0.15) is 0 Å². The molecule has 0 aliphatic heterocycles. The number of hydrogen-bond donors (Lipinski definition) is 2. The minimum atomic E-state index is -0.244. The highest BCUT2D eigenvalue weighted by Gasteiger charge is 2.13. The Hall–Kier alpha value is -3.08. The predicted octanol–water partition coefficient (Wildman–Crippen LogP) is 4.27. The van der Waals surface area contributed by atoms with Gasteiger partial charge < -0.3 is 15.1 Å². The van der Waals surface area contributed by atoms with Gasteiger partial charge in [0.1, 0.15) is 5.58 Å². The molecule has 0 aliphatic rings. The van der Waals surface area contributed by atoms with Crippen LogP contribution >= 0.6 is 0 Å². The van der Waals surface area contributed by atoms with Gasteiger partial charge in [0.05, 0.1) is 19.2 Å². The molecule has 3 rings (SSSR count). The quantitative estimate of drug-likeness (QED) is 0.696. The third-order valence-corrected chi connectivity index (χ3v) is 5.01. The number of rotatable bonds is 5. The summed E-state index contributed by atoms with van der Waals surface area (Å²) in [5.41, 5.74) is 7.86. The van der Waals surface area contributed by atoms with Gasteiger partial charge in [-0.3, -0.25) is 9.59 Å². The van der Waals surface area contributed by atoms with Crippen LogP contribution in [-0.2, 0) is 16.0 Å². The summed E-state index contributed by atoms with van der Waals surface area (Å²) in [5, 5.41) is 6.52. The van der Waals surface area contributed by atoms with Crippen molar-refractivity contribution in [1.82, 2.24) is 5.32 Å². The minimum absolute atomic E-state index is 0.0699. The molecular weight excluding hydrogens is 352 g/mol. The number of amides is 2. The predicted molar refractivity (Wildman–Crippen MR) is 112 cm³/mol. The fourth-order valence-corrected chi connectivity index (χ4v) is 3.45. The molecule has 0 saturated carbocycles. The highest BCUT2D eigenvalue weighted by atomic mass is 16.3. The molecule has 146 valence electrons.